The van der Waals surface area contributed by atoms with Gasteiger partial charge in [-0.1, -0.05) is 16.2 Å². The Bertz CT molecular complexity index is 774. The fourth-order valence-corrected chi connectivity index (χ4v) is 2.86. The van der Waals surface area contributed by atoms with E-state index >= 15 is 0 Å². The number of benzene rings is 1. The summed E-state index contributed by atoms with van der Waals surface area (Å²) >= 11 is 0. The third-order valence-corrected chi connectivity index (χ3v) is 4.56. The van der Waals surface area contributed by atoms with Gasteiger partial charge in [0.1, 0.15) is 0 Å². The molecule has 1 aromatic rings. The first kappa shape index (κ1) is 23.8. The molecule has 156 valence electrons. The first-order valence-corrected chi connectivity index (χ1v) is 9.50. The molecule has 0 aliphatic rings. The van der Waals surface area contributed by atoms with Crippen molar-refractivity contribution in [3.05, 3.63) is 40.1 Å². The average Bonchev–Trinajstić information content (AvgIpc) is 2.65. The summed E-state index contributed by atoms with van der Waals surface area (Å²) in [6.45, 7) is 6.26. The second-order valence-electron chi connectivity index (χ2n) is 6.13. The van der Waals surface area contributed by atoms with Gasteiger partial charge in [-0.3, -0.25) is 9.79 Å². The summed E-state index contributed by atoms with van der Waals surface area (Å²) < 4.78 is 32.4. The molecule has 0 aliphatic heterocycles. The van der Waals surface area contributed by atoms with E-state index in [4.69, 9.17) is 10.5 Å². The summed E-state index contributed by atoms with van der Waals surface area (Å²) in [4.78, 5) is 16.6. The van der Waals surface area contributed by atoms with Crippen LogP contribution >= 0.6 is 9.24 Å². The Balaban J connectivity index is 3.23. The van der Waals surface area contributed by atoms with Crippen LogP contribution in [0.3, 0.4) is 0 Å². The fraction of sp³-hybridized carbons (Fsp3) is 0.474. The molecule has 9 heteroatoms. The molecular weight excluding hydrogens is 385 g/mol. The van der Waals surface area contributed by atoms with E-state index in [0.717, 1.165) is 23.2 Å². The normalized spacial score (nSPS) is 13.1. The standard InChI is InChI=1S/C19H29F2N4O2P/c1-6-12-8-13(11(3)15(9-12)24-7-2)17(26)25-10-14(18(23-4)27-5)16(22)19(20,21)28/h8-9,24H,6-7,10,22,28H2,1-5H3,(H,25,26). The lowest BCUT2D eigenvalue weighted by atomic mass is 10.00. The Morgan fingerprint density at radius 1 is 1.36 bits per heavy atom. The van der Waals surface area contributed by atoms with Crippen LogP contribution in [0.4, 0.5) is 14.5 Å². The molecule has 0 heterocycles. The number of methoxy groups -OCH3 is 1. The highest BCUT2D eigenvalue weighted by molar-refractivity contribution is 7.18. The smallest absolute Gasteiger partial charge is 0.298 e. The van der Waals surface area contributed by atoms with E-state index in [2.05, 4.69) is 15.6 Å². The van der Waals surface area contributed by atoms with Gasteiger partial charge in [0.2, 0.25) is 5.90 Å². The highest BCUT2D eigenvalue weighted by Gasteiger charge is 2.31. The molecule has 28 heavy (non-hydrogen) atoms. The molecule has 1 atom stereocenters. The maximum Gasteiger partial charge on any atom is 0.298 e. The van der Waals surface area contributed by atoms with Crippen molar-refractivity contribution in [1.29, 1.82) is 0 Å². The predicted octanol–water partition coefficient (Wildman–Crippen LogP) is 3.07. The molecule has 0 spiro atoms. The number of aryl methyl sites for hydroxylation is 1. The van der Waals surface area contributed by atoms with Gasteiger partial charge < -0.3 is 21.1 Å². The number of carbonyl (C=O) groups is 1. The van der Waals surface area contributed by atoms with Gasteiger partial charge in [-0.05, 0) is 43.5 Å². The number of hydrogen-bond donors (Lipinski definition) is 3. The molecule has 0 radical (unpaired) electrons. The zero-order chi connectivity index (χ0) is 21.5. The zero-order valence-electron chi connectivity index (χ0n) is 17.0. The van der Waals surface area contributed by atoms with Gasteiger partial charge in [0.15, 0.2) is 0 Å². The quantitative estimate of drug-likeness (QED) is 0.347. The largest absolute Gasteiger partial charge is 0.481 e. The number of anilines is 1. The third-order valence-electron chi connectivity index (χ3n) is 4.25. The van der Waals surface area contributed by atoms with E-state index in [0.29, 0.717) is 12.1 Å². The molecule has 6 nitrogen and oxygen atoms in total. The highest BCUT2D eigenvalue weighted by atomic mass is 31.0. The lowest BCUT2D eigenvalue weighted by Gasteiger charge is -2.19. The van der Waals surface area contributed by atoms with Gasteiger partial charge in [0, 0.05) is 24.8 Å². The molecule has 1 unspecified atom stereocenters. The van der Waals surface area contributed by atoms with Crippen LogP contribution in [0.2, 0.25) is 0 Å². The van der Waals surface area contributed by atoms with Crippen molar-refractivity contribution in [2.24, 2.45) is 10.7 Å². The molecule has 0 saturated carbocycles. The van der Waals surface area contributed by atoms with Crippen molar-refractivity contribution in [3.63, 3.8) is 0 Å². The minimum Gasteiger partial charge on any atom is -0.481 e. The van der Waals surface area contributed by atoms with Gasteiger partial charge >= 0.3 is 0 Å². The van der Waals surface area contributed by atoms with Crippen LogP contribution in [0, 0.1) is 6.92 Å². The van der Waals surface area contributed by atoms with Crippen LogP contribution < -0.4 is 16.4 Å². The second-order valence-corrected chi connectivity index (χ2v) is 6.86. The Morgan fingerprint density at radius 3 is 2.46 bits per heavy atom. The van der Waals surface area contributed by atoms with Crippen LogP contribution in [-0.2, 0) is 11.2 Å². The monoisotopic (exact) mass is 414 g/mol. The number of hydrogen-bond acceptors (Lipinski definition) is 5. The molecule has 0 bridgehead atoms. The Morgan fingerprint density at radius 2 is 2.00 bits per heavy atom. The molecule has 0 aliphatic carbocycles. The fourth-order valence-electron chi connectivity index (χ4n) is 2.69. The molecule has 4 N–H and O–H groups in total. The SMILES string of the molecule is CCNc1cc(CC)cc(C(=O)NCC(C(=NC)OC)=C(N)C(F)(F)P)c1C. The van der Waals surface area contributed by atoms with E-state index < -0.39 is 17.3 Å². The van der Waals surface area contributed by atoms with Crippen molar-refractivity contribution in [1.82, 2.24) is 5.32 Å². The minimum atomic E-state index is -3.36. The average molecular weight is 414 g/mol. The van der Waals surface area contributed by atoms with Crippen molar-refractivity contribution in [3.8, 4) is 0 Å². The summed E-state index contributed by atoms with van der Waals surface area (Å²) in [6.07, 6.45) is 0.757. The number of ether oxygens (including phenoxy) is 1. The molecule has 1 amide bonds. The van der Waals surface area contributed by atoms with Crippen molar-refractivity contribution in [2.45, 2.75) is 32.9 Å². The Hall–Kier alpha value is -2.21. The summed E-state index contributed by atoms with van der Waals surface area (Å²) in [7, 11) is 4.07. The summed E-state index contributed by atoms with van der Waals surface area (Å²) in [5, 5.41) is 5.89. The van der Waals surface area contributed by atoms with Crippen LogP contribution in [0.15, 0.2) is 28.4 Å². The molecule has 1 rings (SSSR count). The summed E-state index contributed by atoms with van der Waals surface area (Å²) in [6, 6.07) is 3.80. The number of nitrogens with zero attached hydrogens (tertiary/aromatic N) is 1. The molecule has 0 aromatic heterocycles. The molecule has 0 saturated heterocycles. The summed E-state index contributed by atoms with van der Waals surface area (Å²) in [5.74, 6) is -0.455. The van der Waals surface area contributed by atoms with Crippen molar-refractivity contribution in [2.75, 3.05) is 32.6 Å². The number of nitrogens with one attached hydrogen (secondary N) is 2. The van der Waals surface area contributed by atoms with E-state index in [1.54, 1.807) is 6.07 Å². The molecular formula is C19H29F2N4O2P. The van der Waals surface area contributed by atoms with E-state index in [1.807, 2.05) is 26.8 Å². The van der Waals surface area contributed by atoms with Crippen molar-refractivity contribution >= 4 is 26.7 Å². The lowest BCUT2D eigenvalue weighted by molar-refractivity contribution is 0.0955. The first-order chi connectivity index (χ1) is 13.1. The van der Waals surface area contributed by atoms with Gasteiger partial charge in [0.25, 0.3) is 11.6 Å². The number of aliphatic imine (C=N–C) groups is 1. The number of alkyl halides is 2. The molecule has 0 fully saturated rings. The maximum atomic E-state index is 13.7. The predicted molar refractivity (Wildman–Crippen MR) is 113 cm³/mol. The van der Waals surface area contributed by atoms with Gasteiger partial charge in [-0.25, -0.2) is 0 Å². The lowest BCUT2D eigenvalue weighted by Crippen LogP contribution is -2.33. The first-order valence-electron chi connectivity index (χ1n) is 8.93. The summed E-state index contributed by atoms with van der Waals surface area (Å²) in [5.41, 5.74) is 4.55. The Labute approximate surface area is 167 Å². The van der Waals surface area contributed by atoms with Crippen LogP contribution in [0.5, 0.6) is 0 Å². The minimum absolute atomic E-state index is 0.0627. The highest BCUT2D eigenvalue weighted by Crippen LogP contribution is 2.30. The number of amides is 1. The number of halogens is 2. The Kier molecular flexibility index (Phi) is 8.82. The van der Waals surface area contributed by atoms with E-state index in [9.17, 15) is 13.6 Å². The molecule has 1 aromatic carbocycles. The number of allylic oxidation sites excluding steroid dienone is 1. The topological polar surface area (TPSA) is 88.7 Å². The van der Waals surface area contributed by atoms with Gasteiger partial charge in [0.05, 0.1) is 24.9 Å². The van der Waals surface area contributed by atoms with E-state index in [1.165, 1.54) is 23.4 Å². The third kappa shape index (κ3) is 5.89. The van der Waals surface area contributed by atoms with Gasteiger partial charge in [-0.15, -0.1) is 0 Å². The maximum absolute atomic E-state index is 13.7. The van der Waals surface area contributed by atoms with Crippen LogP contribution in [-0.4, -0.2) is 44.7 Å². The number of nitrogens with two attached hydrogens (primary N) is 1. The van der Waals surface area contributed by atoms with Crippen LogP contribution in [0.25, 0.3) is 0 Å². The number of rotatable bonds is 8. The van der Waals surface area contributed by atoms with E-state index in [-0.39, 0.29) is 18.0 Å². The zero-order valence-corrected chi connectivity index (χ0v) is 18.1. The second kappa shape index (κ2) is 10.4. The van der Waals surface area contributed by atoms with Crippen molar-refractivity contribution < 1.29 is 18.3 Å². The number of carbonyl (C=O) groups excluding carboxylic acids is 1. The van der Waals surface area contributed by atoms with Gasteiger partial charge in [-0.2, -0.15) is 8.78 Å². The van der Waals surface area contributed by atoms with Crippen LogP contribution in [0.1, 0.15) is 35.3 Å².